The Hall–Kier alpha value is -2.30. The summed E-state index contributed by atoms with van der Waals surface area (Å²) in [4.78, 5) is 27.3. The molecule has 0 spiro atoms. The van der Waals surface area contributed by atoms with E-state index in [4.69, 9.17) is 23.2 Å². The van der Waals surface area contributed by atoms with Crippen LogP contribution in [0.1, 0.15) is 30.0 Å². The lowest BCUT2D eigenvalue weighted by Crippen LogP contribution is -2.33. The Labute approximate surface area is 168 Å². The van der Waals surface area contributed by atoms with Crippen molar-refractivity contribution >= 4 is 46.3 Å². The zero-order chi connectivity index (χ0) is 19.7. The van der Waals surface area contributed by atoms with E-state index in [1.807, 2.05) is 39.0 Å². The molecule has 4 nitrogen and oxygen atoms in total. The van der Waals surface area contributed by atoms with E-state index in [-0.39, 0.29) is 23.1 Å². The van der Waals surface area contributed by atoms with Crippen LogP contribution >= 0.6 is 23.2 Å². The summed E-state index contributed by atoms with van der Waals surface area (Å²) in [5.74, 6) is -0.692. The van der Waals surface area contributed by atoms with E-state index in [9.17, 15) is 9.59 Å². The van der Waals surface area contributed by atoms with Crippen molar-refractivity contribution in [3.63, 3.8) is 0 Å². The van der Waals surface area contributed by atoms with Crippen molar-refractivity contribution in [1.29, 1.82) is 0 Å². The van der Waals surface area contributed by atoms with E-state index in [0.29, 0.717) is 28.6 Å². The number of amides is 2. The minimum atomic E-state index is -0.348. The van der Waals surface area contributed by atoms with Gasteiger partial charge in [0.1, 0.15) is 5.70 Å². The smallest absolute Gasteiger partial charge is 0.278 e. The van der Waals surface area contributed by atoms with Crippen LogP contribution in [0.4, 0.5) is 5.69 Å². The Morgan fingerprint density at radius 2 is 1.78 bits per heavy atom. The molecule has 1 aliphatic rings. The maximum Gasteiger partial charge on any atom is 0.278 e. The molecule has 0 aromatic heterocycles. The number of nitrogens with zero attached hydrogens (tertiary/aromatic N) is 1. The molecule has 0 atom stereocenters. The van der Waals surface area contributed by atoms with Crippen LogP contribution in [-0.4, -0.2) is 23.3 Å². The lowest BCUT2D eigenvalue weighted by Gasteiger charge is -2.15. The lowest BCUT2D eigenvalue weighted by molar-refractivity contribution is -0.136. The van der Waals surface area contributed by atoms with E-state index in [1.165, 1.54) is 4.90 Å². The first-order valence-corrected chi connectivity index (χ1v) is 9.49. The number of hydrogen-bond donors (Lipinski definition) is 1. The van der Waals surface area contributed by atoms with Crippen molar-refractivity contribution in [2.75, 3.05) is 11.9 Å². The normalized spacial score (nSPS) is 14.3. The molecule has 2 aromatic rings. The number of benzene rings is 2. The van der Waals surface area contributed by atoms with Crippen molar-refractivity contribution in [2.45, 2.75) is 27.2 Å². The summed E-state index contributed by atoms with van der Waals surface area (Å²) in [6.45, 7) is 6.24. The van der Waals surface area contributed by atoms with Gasteiger partial charge in [-0.2, -0.15) is 0 Å². The van der Waals surface area contributed by atoms with Crippen LogP contribution in [0, 0.1) is 13.8 Å². The Morgan fingerprint density at radius 3 is 2.44 bits per heavy atom. The van der Waals surface area contributed by atoms with Gasteiger partial charge >= 0.3 is 0 Å². The molecule has 1 N–H and O–H groups in total. The molecule has 140 valence electrons. The van der Waals surface area contributed by atoms with Crippen molar-refractivity contribution in [3.05, 3.63) is 68.8 Å². The highest BCUT2D eigenvalue weighted by Crippen LogP contribution is 2.36. The van der Waals surface area contributed by atoms with Gasteiger partial charge in [-0.3, -0.25) is 14.5 Å². The molecule has 0 aliphatic carbocycles. The Kier molecular flexibility index (Phi) is 5.59. The van der Waals surface area contributed by atoms with Crippen molar-refractivity contribution in [1.82, 2.24) is 4.90 Å². The molecule has 0 unspecified atom stereocenters. The van der Waals surface area contributed by atoms with Crippen LogP contribution in [0.5, 0.6) is 0 Å². The van der Waals surface area contributed by atoms with Gasteiger partial charge in [0, 0.05) is 22.8 Å². The predicted molar refractivity (Wildman–Crippen MR) is 110 cm³/mol. The second-order valence-corrected chi connectivity index (χ2v) is 7.35. The summed E-state index contributed by atoms with van der Waals surface area (Å²) < 4.78 is 0. The third-order valence-electron chi connectivity index (χ3n) is 4.68. The fourth-order valence-corrected chi connectivity index (χ4v) is 3.58. The molecular formula is C21H20Cl2N2O2. The van der Waals surface area contributed by atoms with E-state index < -0.39 is 0 Å². The maximum atomic E-state index is 13.0. The summed E-state index contributed by atoms with van der Waals surface area (Å²) in [7, 11) is 0. The third kappa shape index (κ3) is 3.60. The second-order valence-electron chi connectivity index (χ2n) is 6.51. The van der Waals surface area contributed by atoms with Gasteiger partial charge in [-0.15, -0.1) is 0 Å². The van der Waals surface area contributed by atoms with Gasteiger partial charge in [-0.1, -0.05) is 48.3 Å². The highest BCUT2D eigenvalue weighted by Gasteiger charge is 2.39. The van der Waals surface area contributed by atoms with Gasteiger partial charge in [0.25, 0.3) is 11.8 Å². The average Bonchev–Trinajstić information content (AvgIpc) is 2.84. The van der Waals surface area contributed by atoms with Crippen LogP contribution in [0.3, 0.4) is 0 Å². The van der Waals surface area contributed by atoms with Crippen molar-refractivity contribution in [3.8, 4) is 0 Å². The van der Waals surface area contributed by atoms with Crippen LogP contribution in [0.15, 0.2) is 42.1 Å². The van der Waals surface area contributed by atoms with Gasteiger partial charge in [0.15, 0.2) is 0 Å². The first-order chi connectivity index (χ1) is 12.8. The second kappa shape index (κ2) is 7.75. The molecular weight excluding hydrogens is 383 g/mol. The number of anilines is 1. The molecule has 0 saturated heterocycles. The van der Waals surface area contributed by atoms with E-state index in [2.05, 4.69) is 5.32 Å². The Morgan fingerprint density at radius 1 is 1.04 bits per heavy atom. The first kappa shape index (κ1) is 19.5. The number of carbonyl (C=O) groups is 2. The minimum absolute atomic E-state index is 0.242. The summed E-state index contributed by atoms with van der Waals surface area (Å²) in [6.07, 6.45) is 0.676. The Bertz CT molecular complexity index is 967. The SMILES string of the molecule is CCCN1C(=O)C(Nc2cccc(C)c2C)=C(c2ccc(Cl)cc2Cl)C1=O. The molecule has 0 bridgehead atoms. The summed E-state index contributed by atoms with van der Waals surface area (Å²) in [5.41, 5.74) is 3.90. The fraction of sp³-hybridized carbons (Fsp3) is 0.238. The largest absolute Gasteiger partial charge is 0.350 e. The van der Waals surface area contributed by atoms with Crippen LogP contribution in [0.2, 0.25) is 10.0 Å². The number of hydrogen-bond acceptors (Lipinski definition) is 3. The summed E-state index contributed by atoms with van der Waals surface area (Å²) >= 11 is 12.3. The number of nitrogens with one attached hydrogen (secondary N) is 1. The van der Waals surface area contributed by atoms with Gasteiger partial charge in [0.2, 0.25) is 0 Å². The molecule has 0 radical (unpaired) electrons. The first-order valence-electron chi connectivity index (χ1n) is 8.74. The Balaban J connectivity index is 2.16. The molecule has 2 aromatic carbocycles. The number of rotatable bonds is 5. The summed E-state index contributed by atoms with van der Waals surface area (Å²) in [6, 6.07) is 10.7. The third-order valence-corrected chi connectivity index (χ3v) is 5.23. The van der Waals surface area contributed by atoms with Crippen molar-refractivity contribution in [2.24, 2.45) is 0 Å². The van der Waals surface area contributed by atoms with Crippen molar-refractivity contribution < 1.29 is 9.59 Å². The monoisotopic (exact) mass is 402 g/mol. The molecule has 6 heteroatoms. The van der Waals surface area contributed by atoms with Gasteiger partial charge in [-0.05, 0) is 49.6 Å². The lowest BCUT2D eigenvalue weighted by atomic mass is 10.0. The molecule has 0 saturated carbocycles. The predicted octanol–water partition coefficient (Wildman–Crippen LogP) is 5.21. The molecule has 0 fully saturated rings. The fourth-order valence-electron chi connectivity index (χ4n) is 3.08. The minimum Gasteiger partial charge on any atom is -0.350 e. The van der Waals surface area contributed by atoms with Crippen LogP contribution in [-0.2, 0) is 9.59 Å². The number of aryl methyl sites for hydroxylation is 1. The standard InChI is InChI=1S/C21H20Cl2N2O2/c1-4-10-25-20(26)18(15-9-8-14(22)11-16(15)23)19(21(25)27)24-17-7-5-6-12(2)13(17)3/h5-9,11,24H,4,10H2,1-3H3. The van der Waals surface area contributed by atoms with Gasteiger partial charge < -0.3 is 5.32 Å². The number of carbonyl (C=O) groups excluding carboxylic acids is 2. The van der Waals surface area contributed by atoms with E-state index in [0.717, 1.165) is 16.8 Å². The number of halogens is 2. The highest BCUT2D eigenvalue weighted by molar-refractivity contribution is 6.41. The zero-order valence-corrected chi connectivity index (χ0v) is 16.9. The number of imide groups is 1. The van der Waals surface area contributed by atoms with Crippen LogP contribution in [0.25, 0.3) is 5.57 Å². The van der Waals surface area contributed by atoms with E-state index >= 15 is 0 Å². The van der Waals surface area contributed by atoms with Gasteiger partial charge in [0.05, 0.1) is 10.6 Å². The topological polar surface area (TPSA) is 49.4 Å². The summed E-state index contributed by atoms with van der Waals surface area (Å²) in [5, 5.41) is 3.98. The molecule has 1 aliphatic heterocycles. The molecule has 1 heterocycles. The van der Waals surface area contributed by atoms with Gasteiger partial charge in [-0.25, -0.2) is 0 Å². The molecule has 2 amide bonds. The van der Waals surface area contributed by atoms with Crippen LogP contribution < -0.4 is 5.32 Å². The molecule has 27 heavy (non-hydrogen) atoms. The average molecular weight is 403 g/mol. The van der Waals surface area contributed by atoms with E-state index in [1.54, 1.807) is 18.2 Å². The maximum absolute atomic E-state index is 13.0. The highest BCUT2D eigenvalue weighted by atomic mass is 35.5. The zero-order valence-electron chi connectivity index (χ0n) is 15.4. The molecule has 3 rings (SSSR count). The quantitative estimate of drug-likeness (QED) is 0.697.